The highest BCUT2D eigenvalue weighted by molar-refractivity contribution is 5.28. The summed E-state index contributed by atoms with van der Waals surface area (Å²) in [6, 6.07) is 13.3. The quantitative estimate of drug-likeness (QED) is 0.541. The van der Waals surface area contributed by atoms with Crippen LogP contribution in [0, 0.1) is 0 Å². The molecular weight excluding hydrogens is 314 g/mol. The molecule has 0 unspecified atom stereocenters. The first kappa shape index (κ1) is 22.4. The lowest BCUT2D eigenvalue weighted by Crippen LogP contribution is -2.13. The van der Waals surface area contributed by atoms with E-state index in [9.17, 15) is 0 Å². The van der Waals surface area contributed by atoms with Gasteiger partial charge in [-0.05, 0) is 40.0 Å². The van der Waals surface area contributed by atoms with Crippen LogP contribution in [0.15, 0.2) is 42.6 Å². The smallest absolute Gasteiger partial charge is 0.0457 e. The lowest BCUT2D eigenvalue weighted by molar-refractivity contribution is 0.567. The maximum atomic E-state index is 4.47. The summed E-state index contributed by atoms with van der Waals surface area (Å²) in [6.07, 6.45) is 1.99. The minimum absolute atomic E-state index is 0.162. The lowest BCUT2D eigenvalue weighted by Gasteiger charge is -2.19. The number of benzene rings is 1. The second-order valence-corrected chi connectivity index (χ2v) is 9.91. The molecule has 0 spiro atoms. The Kier molecular flexibility index (Phi) is 7.62. The molecule has 0 saturated carbocycles. The van der Waals surface area contributed by atoms with Crippen LogP contribution >= 0.6 is 0 Å². The monoisotopic (exact) mass is 353 g/mol. The molecule has 0 atom stereocenters. The zero-order valence-electron chi connectivity index (χ0n) is 18.6. The predicted molar refractivity (Wildman–Crippen MR) is 116 cm³/mol. The van der Waals surface area contributed by atoms with Crippen molar-refractivity contribution in [1.29, 1.82) is 0 Å². The van der Waals surface area contributed by atoms with E-state index in [0.717, 1.165) is 5.69 Å². The molecule has 26 heavy (non-hydrogen) atoms. The van der Waals surface area contributed by atoms with E-state index < -0.39 is 0 Å². The van der Waals surface area contributed by atoms with Gasteiger partial charge in [-0.1, -0.05) is 99.6 Å². The highest BCUT2D eigenvalue weighted by Gasteiger charge is 2.15. The minimum Gasteiger partial charge on any atom is -0.260 e. The molecule has 1 heteroatoms. The van der Waals surface area contributed by atoms with E-state index >= 15 is 0 Å². The van der Waals surface area contributed by atoms with Crippen molar-refractivity contribution in [1.82, 2.24) is 4.98 Å². The van der Waals surface area contributed by atoms with E-state index in [1.54, 1.807) is 0 Å². The van der Waals surface area contributed by atoms with Crippen LogP contribution in [-0.4, -0.2) is 4.98 Å². The Balaban J connectivity index is 0.000000260. The van der Waals surface area contributed by atoms with Gasteiger partial charge in [0.2, 0.25) is 0 Å². The average Bonchev–Trinajstić information content (AvgIpc) is 2.54. The van der Waals surface area contributed by atoms with Gasteiger partial charge in [0.05, 0.1) is 0 Å². The molecule has 1 aromatic heterocycles. The van der Waals surface area contributed by atoms with Gasteiger partial charge in [0.1, 0.15) is 0 Å². The van der Waals surface area contributed by atoms with Crippen molar-refractivity contribution in [2.45, 2.75) is 91.9 Å². The lowest BCUT2D eigenvalue weighted by atomic mass is 9.86. The standard InChI is InChI=1S/C13H20.C12H19N/c1-10(2)11-6-8-12(9-7-11)13(3,4)5;1-9(2)10-6-7-11(13-8-10)12(3,4)5/h6-10H,1-5H3;6-9H,1-5H3. The Hall–Kier alpha value is -1.63. The van der Waals surface area contributed by atoms with Crippen molar-refractivity contribution >= 4 is 0 Å². The third kappa shape index (κ3) is 6.94. The van der Waals surface area contributed by atoms with Crippen molar-refractivity contribution < 1.29 is 0 Å². The molecule has 0 fully saturated rings. The Bertz CT molecular complexity index is 586. The van der Waals surface area contributed by atoms with E-state index in [2.05, 4.69) is 111 Å². The van der Waals surface area contributed by atoms with Crippen LogP contribution < -0.4 is 0 Å². The molecule has 0 aliphatic rings. The molecular formula is C25H39N. The summed E-state index contributed by atoms with van der Waals surface area (Å²) in [5.74, 6) is 1.20. The maximum absolute atomic E-state index is 4.47. The van der Waals surface area contributed by atoms with Crippen molar-refractivity contribution in [3.63, 3.8) is 0 Å². The number of rotatable bonds is 2. The molecule has 0 radical (unpaired) electrons. The first-order valence-corrected chi connectivity index (χ1v) is 9.89. The third-order valence-electron chi connectivity index (χ3n) is 4.66. The van der Waals surface area contributed by atoms with Crippen LogP contribution in [0.2, 0.25) is 0 Å². The Morgan fingerprint density at radius 3 is 1.38 bits per heavy atom. The van der Waals surface area contributed by atoms with Crippen molar-refractivity contribution in [2.24, 2.45) is 0 Å². The largest absolute Gasteiger partial charge is 0.260 e. The molecule has 0 aliphatic heterocycles. The molecule has 2 rings (SSSR count). The summed E-state index contributed by atoms with van der Waals surface area (Å²) in [6.45, 7) is 22.1. The average molecular weight is 354 g/mol. The SMILES string of the molecule is CC(C)c1ccc(C(C)(C)C)cc1.CC(C)c1ccc(C(C)(C)C)nc1. The van der Waals surface area contributed by atoms with Crippen molar-refractivity contribution in [3.8, 4) is 0 Å². The Labute approximate surface area is 162 Å². The summed E-state index contributed by atoms with van der Waals surface area (Å²) < 4.78 is 0. The fraction of sp³-hybridized carbons (Fsp3) is 0.560. The van der Waals surface area contributed by atoms with Crippen molar-refractivity contribution in [3.05, 3.63) is 65.0 Å². The number of pyridine rings is 1. The maximum Gasteiger partial charge on any atom is 0.0457 e. The molecule has 0 aliphatic carbocycles. The molecule has 0 N–H and O–H groups in total. The highest BCUT2D eigenvalue weighted by atomic mass is 14.7. The summed E-state index contributed by atoms with van der Waals surface area (Å²) >= 11 is 0. The molecule has 1 heterocycles. The van der Waals surface area contributed by atoms with Gasteiger partial charge in [0.25, 0.3) is 0 Å². The van der Waals surface area contributed by atoms with E-state index in [0.29, 0.717) is 11.8 Å². The first-order valence-electron chi connectivity index (χ1n) is 9.89. The molecule has 2 aromatic rings. The van der Waals surface area contributed by atoms with E-state index in [1.807, 2.05) is 6.20 Å². The highest BCUT2D eigenvalue weighted by Crippen LogP contribution is 2.24. The van der Waals surface area contributed by atoms with Gasteiger partial charge in [-0.15, -0.1) is 0 Å². The van der Waals surface area contributed by atoms with Gasteiger partial charge >= 0.3 is 0 Å². The van der Waals surface area contributed by atoms with E-state index in [4.69, 9.17) is 0 Å². The topological polar surface area (TPSA) is 12.9 Å². The molecule has 144 valence electrons. The fourth-order valence-electron chi connectivity index (χ4n) is 2.56. The van der Waals surface area contributed by atoms with Gasteiger partial charge in [-0.2, -0.15) is 0 Å². The zero-order valence-corrected chi connectivity index (χ0v) is 18.6. The van der Waals surface area contributed by atoms with Crippen LogP contribution in [0.3, 0.4) is 0 Å². The normalized spacial score (nSPS) is 12.2. The van der Waals surface area contributed by atoms with Crippen LogP contribution in [0.1, 0.15) is 103 Å². The third-order valence-corrected chi connectivity index (χ3v) is 4.66. The van der Waals surface area contributed by atoms with Gasteiger partial charge in [-0.25, -0.2) is 0 Å². The minimum atomic E-state index is 0.162. The van der Waals surface area contributed by atoms with Gasteiger partial charge < -0.3 is 0 Å². The van der Waals surface area contributed by atoms with Crippen LogP contribution in [0.4, 0.5) is 0 Å². The summed E-state index contributed by atoms with van der Waals surface area (Å²) in [5, 5.41) is 0. The Morgan fingerprint density at radius 2 is 1.08 bits per heavy atom. The van der Waals surface area contributed by atoms with E-state index in [-0.39, 0.29) is 10.8 Å². The molecule has 1 aromatic carbocycles. The molecule has 0 amide bonds. The number of nitrogens with zero attached hydrogens (tertiary/aromatic N) is 1. The number of aromatic nitrogens is 1. The summed E-state index contributed by atoms with van der Waals surface area (Å²) in [4.78, 5) is 4.47. The molecule has 1 nitrogen and oxygen atoms in total. The van der Waals surface area contributed by atoms with Gasteiger partial charge in [-0.3, -0.25) is 4.98 Å². The van der Waals surface area contributed by atoms with Crippen LogP contribution in [0.25, 0.3) is 0 Å². The number of hydrogen-bond donors (Lipinski definition) is 0. The van der Waals surface area contributed by atoms with Gasteiger partial charge in [0, 0.05) is 17.3 Å². The van der Waals surface area contributed by atoms with Gasteiger partial charge in [0.15, 0.2) is 0 Å². The second kappa shape index (κ2) is 8.84. The first-order chi connectivity index (χ1) is 11.8. The zero-order chi connectivity index (χ0) is 20.1. The Morgan fingerprint density at radius 1 is 0.615 bits per heavy atom. The summed E-state index contributed by atoms with van der Waals surface area (Å²) in [5.41, 5.74) is 5.75. The van der Waals surface area contributed by atoms with Crippen LogP contribution in [0.5, 0.6) is 0 Å². The second-order valence-electron chi connectivity index (χ2n) is 9.91. The fourth-order valence-corrected chi connectivity index (χ4v) is 2.56. The summed E-state index contributed by atoms with van der Waals surface area (Å²) in [7, 11) is 0. The predicted octanol–water partition coefficient (Wildman–Crippen LogP) is 7.61. The van der Waals surface area contributed by atoms with Crippen LogP contribution in [-0.2, 0) is 10.8 Å². The van der Waals surface area contributed by atoms with Crippen molar-refractivity contribution in [2.75, 3.05) is 0 Å². The number of hydrogen-bond acceptors (Lipinski definition) is 1. The van der Waals surface area contributed by atoms with E-state index in [1.165, 1.54) is 16.7 Å². The molecule has 0 bridgehead atoms. The molecule has 0 saturated heterocycles.